The zero-order chi connectivity index (χ0) is 20.8. The van der Waals surface area contributed by atoms with Crippen LogP contribution in [0.25, 0.3) is 5.57 Å². The Balaban J connectivity index is 2.01. The average molecular weight is 398 g/mol. The molecule has 29 heavy (non-hydrogen) atoms. The Morgan fingerprint density at radius 1 is 1.03 bits per heavy atom. The number of nitrogens with zero attached hydrogens (tertiary/aromatic N) is 1. The molecule has 0 fully saturated rings. The monoisotopic (exact) mass is 398 g/mol. The molecule has 0 spiro atoms. The van der Waals surface area contributed by atoms with Crippen LogP contribution in [0.3, 0.4) is 0 Å². The molecule has 0 atom stereocenters. The molecular weight excluding hydrogens is 375 g/mol. The van der Waals surface area contributed by atoms with Crippen LogP contribution in [0, 0.1) is 5.82 Å². The highest BCUT2D eigenvalue weighted by molar-refractivity contribution is 6.36. The topological polar surface area (TPSA) is 67.9 Å². The van der Waals surface area contributed by atoms with E-state index in [2.05, 4.69) is 5.32 Å². The van der Waals surface area contributed by atoms with Crippen LogP contribution in [-0.2, 0) is 14.3 Å². The largest absolute Gasteiger partial charge is 0.492 e. The molecule has 152 valence electrons. The zero-order valence-corrected chi connectivity index (χ0v) is 16.4. The summed E-state index contributed by atoms with van der Waals surface area (Å²) in [6.07, 6.45) is 0.521. The van der Waals surface area contributed by atoms with Crippen molar-refractivity contribution in [2.45, 2.75) is 13.3 Å². The standard InChI is InChI=1S/C22H23FN2O4/c1-3-29-18-8-5-4-7-17(18)24-20-19(15-9-11-16(23)12-10-15)21(26)25(22(20)27)13-6-14-28-2/h4-5,7-12,24H,3,6,13-14H2,1-2H3. The van der Waals surface area contributed by atoms with Crippen molar-refractivity contribution >= 4 is 23.1 Å². The van der Waals surface area contributed by atoms with Crippen LogP contribution < -0.4 is 10.1 Å². The van der Waals surface area contributed by atoms with Gasteiger partial charge in [0, 0.05) is 20.3 Å². The van der Waals surface area contributed by atoms with E-state index in [1.54, 1.807) is 25.3 Å². The van der Waals surface area contributed by atoms with E-state index in [9.17, 15) is 14.0 Å². The van der Waals surface area contributed by atoms with Crippen molar-refractivity contribution in [2.24, 2.45) is 0 Å². The highest BCUT2D eigenvalue weighted by Crippen LogP contribution is 2.33. The van der Waals surface area contributed by atoms with Crippen molar-refractivity contribution in [2.75, 3.05) is 32.2 Å². The zero-order valence-electron chi connectivity index (χ0n) is 16.4. The number of nitrogens with one attached hydrogen (secondary N) is 1. The minimum atomic E-state index is -0.434. The number of imide groups is 1. The maximum atomic E-state index is 13.4. The molecule has 0 radical (unpaired) electrons. The number of benzene rings is 2. The number of hydrogen-bond donors (Lipinski definition) is 1. The van der Waals surface area contributed by atoms with Crippen LogP contribution in [0.1, 0.15) is 18.9 Å². The van der Waals surface area contributed by atoms with Crippen LogP contribution in [0.15, 0.2) is 54.2 Å². The number of hydrogen-bond acceptors (Lipinski definition) is 5. The Morgan fingerprint density at radius 3 is 2.45 bits per heavy atom. The smallest absolute Gasteiger partial charge is 0.278 e. The first-order valence-electron chi connectivity index (χ1n) is 9.41. The molecule has 1 aliphatic rings. The Bertz CT molecular complexity index is 925. The highest BCUT2D eigenvalue weighted by Gasteiger charge is 2.39. The lowest BCUT2D eigenvalue weighted by atomic mass is 10.0. The number of carbonyl (C=O) groups is 2. The summed E-state index contributed by atoms with van der Waals surface area (Å²) in [5.41, 5.74) is 1.39. The molecule has 2 aromatic carbocycles. The molecule has 1 N–H and O–H groups in total. The first kappa shape index (κ1) is 20.5. The van der Waals surface area contributed by atoms with Gasteiger partial charge in [0.25, 0.3) is 11.8 Å². The molecule has 1 heterocycles. The van der Waals surface area contributed by atoms with Gasteiger partial charge in [-0.2, -0.15) is 0 Å². The maximum absolute atomic E-state index is 13.4. The lowest BCUT2D eigenvalue weighted by Gasteiger charge is -2.15. The van der Waals surface area contributed by atoms with Gasteiger partial charge in [0.1, 0.15) is 17.3 Å². The lowest BCUT2D eigenvalue weighted by molar-refractivity contribution is -0.136. The summed E-state index contributed by atoms with van der Waals surface area (Å²) in [5.74, 6) is -0.704. The van der Waals surface area contributed by atoms with Gasteiger partial charge in [-0.15, -0.1) is 0 Å². The predicted molar refractivity (Wildman–Crippen MR) is 108 cm³/mol. The van der Waals surface area contributed by atoms with Crippen LogP contribution in [-0.4, -0.2) is 43.6 Å². The van der Waals surface area contributed by atoms with Crippen LogP contribution >= 0.6 is 0 Å². The molecule has 6 nitrogen and oxygen atoms in total. The Hall–Kier alpha value is -3.19. The Labute approximate surface area is 168 Å². The molecule has 7 heteroatoms. The van der Waals surface area contributed by atoms with E-state index in [1.807, 2.05) is 13.0 Å². The minimum Gasteiger partial charge on any atom is -0.492 e. The quantitative estimate of drug-likeness (QED) is 0.518. The third kappa shape index (κ3) is 4.46. The summed E-state index contributed by atoms with van der Waals surface area (Å²) >= 11 is 0. The van der Waals surface area contributed by atoms with Gasteiger partial charge in [-0.25, -0.2) is 4.39 Å². The van der Waals surface area contributed by atoms with Gasteiger partial charge in [0.15, 0.2) is 0 Å². The van der Waals surface area contributed by atoms with Crippen molar-refractivity contribution in [1.29, 1.82) is 0 Å². The van der Waals surface area contributed by atoms with Crippen molar-refractivity contribution < 1.29 is 23.5 Å². The fourth-order valence-corrected chi connectivity index (χ4v) is 3.13. The average Bonchev–Trinajstić information content (AvgIpc) is 2.95. The van der Waals surface area contributed by atoms with Gasteiger partial charge in [-0.1, -0.05) is 24.3 Å². The number of ether oxygens (including phenoxy) is 2. The predicted octanol–water partition coefficient (Wildman–Crippen LogP) is 3.45. The molecule has 0 bridgehead atoms. The molecule has 2 amide bonds. The molecule has 0 saturated heterocycles. The van der Waals surface area contributed by atoms with Crippen molar-refractivity contribution in [3.8, 4) is 5.75 Å². The second kappa shape index (κ2) is 9.34. The van der Waals surface area contributed by atoms with Crippen LogP contribution in [0.2, 0.25) is 0 Å². The number of halogens is 1. The summed E-state index contributed by atoms with van der Waals surface area (Å²) in [6.45, 7) is 2.98. The SMILES string of the molecule is CCOc1ccccc1NC1=C(c2ccc(F)cc2)C(=O)N(CCCOC)C1=O. The molecule has 1 aliphatic heterocycles. The maximum Gasteiger partial charge on any atom is 0.278 e. The summed E-state index contributed by atoms with van der Waals surface area (Å²) in [5, 5.41) is 3.08. The lowest BCUT2D eigenvalue weighted by Crippen LogP contribution is -2.33. The first-order valence-corrected chi connectivity index (χ1v) is 9.41. The molecule has 0 aliphatic carbocycles. The molecule has 3 rings (SSSR count). The third-order valence-corrected chi connectivity index (χ3v) is 4.48. The fourth-order valence-electron chi connectivity index (χ4n) is 3.13. The van der Waals surface area contributed by atoms with E-state index in [0.29, 0.717) is 36.6 Å². The van der Waals surface area contributed by atoms with Crippen LogP contribution in [0.4, 0.5) is 10.1 Å². The van der Waals surface area contributed by atoms with E-state index in [0.717, 1.165) is 0 Å². The number of anilines is 1. The van der Waals surface area contributed by atoms with Gasteiger partial charge in [0.2, 0.25) is 0 Å². The number of amides is 2. The highest BCUT2D eigenvalue weighted by atomic mass is 19.1. The summed E-state index contributed by atoms with van der Waals surface area (Å²) in [4.78, 5) is 27.3. The second-order valence-corrected chi connectivity index (χ2v) is 6.42. The summed E-state index contributed by atoms with van der Waals surface area (Å²) in [6, 6.07) is 12.7. The fraction of sp³-hybridized carbons (Fsp3) is 0.273. The van der Waals surface area contributed by atoms with Crippen LogP contribution in [0.5, 0.6) is 5.75 Å². The van der Waals surface area contributed by atoms with Crippen molar-refractivity contribution in [3.63, 3.8) is 0 Å². The van der Waals surface area contributed by atoms with E-state index in [-0.39, 0.29) is 17.8 Å². The summed E-state index contributed by atoms with van der Waals surface area (Å²) in [7, 11) is 1.56. The molecule has 0 saturated carbocycles. The Kier molecular flexibility index (Phi) is 6.61. The number of carbonyl (C=O) groups excluding carboxylic acids is 2. The molecule has 0 aromatic heterocycles. The van der Waals surface area contributed by atoms with E-state index >= 15 is 0 Å². The number of rotatable bonds is 9. The Morgan fingerprint density at radius 2 is 1.76 bits per heavy atom. The van der Waals surface area contributed by atoms with E-state index < -0.39 is 17.6 Å². The summed E-state index contributed by atoms with van der Waals surface area (Å²) < 4.78 is 24.0. The normalized spacial score (nSPS) is 14.0. The molecule has 0 unspecified atom stereocenters. The van der Waals surface area contributed by atoms with Gasteiger partial charge in [-0.3, -0.25) is 14.5 Å². The minimum absolute atomic E-state index is 0.145. The van der Waals surface area contributed by atoms with Crippen molar-refractivity contribution in [1.82, 2.24) is 4.90 Å². The number of methoxy groups -OCH3 is 1. The van der Waals surface area contributed by atoms with Gasteiger partial charge >= 0.3 is 0 Å². The van der Waals surface area contributed by atoms with E-state index in [4.69, 9.17) is 9.47 Å². The first-order chi connectivity index (χ1) is 14.1. The molecule has 2 aromatic rings. The van der Waals surface area contributed by atoms with Gasteiger partial charge in [0.05, 0.1) is 17.9 Å². The van der Waals surface area contributed by atoms with Crippen molar-refractivity contribution in [3.05, 3.63) is 65.6 Å². The van der Waals surface area contributed by atoms with Gasteiger partial charge < -0.3 is 14.8 Å². The number of para-hydroxylation sites is 2. The van der Waals surface area contributed by atoms with E-state index in [1.165, 1.54) is 29.2 Å². The third-order valence-electron chi connectivity index (χ3n) is 4.48. The van der Waals surface area contributed by atoms with Gasteiger partial charge in [-0.05, 0) is 43.2 Å². The second-order valence-electron chi connectivity index (χ2n) is 6.42. The molecular formula is C22H23FN2O4.